The molecule has 0 amide bonds. The number of H-pyrrole nitrogens is 1. The highest BCUT2D eigenvalue weighted by molar-refractivity contribution is 7.99. The van der Waals surface area contributed by atoms with Gasteiger partial charge in [-0.3, -0.25) is 4.79 Å². The van der Waals surface area contributed by atoms with Crippen molar-refractivity contribution in [2.24, 2.45) is 5.73 Å². The number of aryl methyl sites for hydroxylation is 1. The van der Waals surface area contributed by atoms with Crippen LogP contribution in [0.15, 0.2) is 45.2 Å². The summed E-state index contributed by atoms with van der Waals surface area (Å²) in [6, 6.07) is 9.59. The molecule has 4 nitrogen and oxygen atoms in total. The summed E-state index contributed by atoms with van der Waals surface area (Å²) < 4.78 is 0. The molecule has 5 heteroatoms. The van der Waals surface area contributed by atoms with E-state index >= 15 is 0 Å². The molecule has 0 fully saturated rings. The van der Waals surface area contributed by atoms with E-state index in [0.29, 0.717) is 5.16 Å². The van der Waals surface area contributed by atoms with Crippen molar-refractivity contribution in [2.75, 3.05) is 0 Å². The number of hydrogen-bond donors (Lipinski definition) is 2. The summed E-state index contributed by atoms with van der Waals surface area (Å²) in [5.74, 6) is 0. The van der Waals surface area contributed by atoms with Crippen LogP contribution < -0.4 is 11.3 Å². The van der Waals surface area contributed by atoms with Crippen LogP contribution in [0.1, 0.15) is 30.6 Å². The van der Waals surface area contributed by atoms with Crippen LogP contribution in [0.2, 0.25) is 0 Å². The second-order valence-electron chi connectivity index (χ2n) is 4.38. The van der Waals surface area contributed by atoms with Crippen molar-refractivity contribution in [3.05, 3.63) is 51.9 Å². The fraction of sp³-hybridized carbons (Fsp3) is 0.286. The zero-order valence-electron chi connectivity index (χ0n) is 11.0. The van der Waals surface area contributed by atoms with E-state index < -0.39 is 0 Å². The Labute approximate surface area is 116 Å². The first kappa shape index (κ1) is 13.8. The summed E-state index contributed by atoms with van der Waals surface area (Å²) in [5, 5.41) is 0.609. The lowest BCUT2D eigenvalue weighted by atomic mass is 10.1. The van der Waals surface area contributed by atoms with E-state index in [1.807, 2.05) is 31.2 Å². The lowest BCUT2D eigenvalue weighted by molar-refractivity contribution is 0.698. The molecule has 0 saturated carbocycles. The highest BCUT2D eigenvalue weighted by Gasteiger charge is 2.05. The summed E-state index contributed by atoms with van der Waals surface area (Å²) in [6.07, 6.45) is 0.916. The number of aromatic nitrogens is 2. The third kappa shape index (κ3) is 3.68. The van der Waals surface area contributed by atoms with E-state index in [1.54, 1.807) is 0 Å². The van der Waals surface area contributed by atoms with Gasteiger partial charge >= 0.3 is 0 Å². The Morgan fingerprint density at radius 1 is 1.37 bits per heavy atom. The second-order valence-corrected chi connectivity index (χ2v) is 5.44. The Morgan fingerprint density at radius 3 is 2.63 bits per heavy atom. The second kappa shape index (κ2) is 6.04. The predicted molar refractivity (Wildman–Crippen MR) is 77.4 cm³/mol. The lowest BCUT2D eigenvalue weighted by Crippen LogP contribution is -2.08. The maximum atomic E-state index is 11.4. The molecule has 1 atom stereocenters. The Balaban J connectivity index is 2.17. The largest absolute Gasteiger partial charge is 0.324 e. The first-order chi connectivity index (χ1) is 9.08. The van der Waals surface area contributed by atoms with Crippen molar-refractivity contribution in [1.82, 2.24) is 9.97 Å². The van der Waals surface area contributed by atoms with Crippen LogP contribution in [0.4, 0.5) is 0 Å². The highest BCUT2D eigenvalue weighted by atomic mass is 32.2. The summed E-state index contributed by atoms with van der Waals surface area (Å²) in [7, 11) is 0. The topological polar surface area (TPSA) is 71.8 Å². The standard InChI is InChI=1S/C14H17N3OS/c1-3-12(15)10-4-6-11(7-5-10)19-14-16-9(2)8-13(18)17-14/h4-8,12H,3,15H2,1-2H3,(H,16,17,18)/t12-/m0/s1. The number of benzene rings is 1. The minimum atomic E-state index is -0.125. The maximum absolute atomic E-state index is 11.4. The lowest BCUT2D eigenvalue weighted by Gasteiger charge is -2.09. The van der Waals surface area contributed by atoms with Crippen molar-refractivity contribution in [3.63, 3.8) is 0 Å². The molecule has 0 aliphatic carbocycles. The van der Waals surface area contributed by atoms with Gasteiger partial charge in [0.1, 0.15) is 0 Å². The van der Waals surface area contributed by atoms with Crippen LogP contribution in [0.5, 0.6) is 0 Å². The van der Waals surface area contributed by atoms with Gasteiger partial charge in [-0.15, -0.1) is 0 Å². The molecule has 0 bridgehead atoms. The Hall–Kier alpha value is -1.59. The fourth-order valence-corrected chi connectivity index (χ4v) is 2.57. The summed E-state index contributed by atoms with van der Waals surface area (Å²) in [4.78, 5) is 19.4. The minimum absolute atomic E-state index is 0.0796. The molecule has 0 aliphatic rings. The Kier molecular flexibility index (Phi) is 4.39. The monoisotopic (exact) mass is 275 g/mol. The average Bonchev–Trinajstić information content (AvgIpc) is 2.37. The number of nitrogens with two attached hydrogens (primary N) is 1. The van der Waals surface area contributed by atoms with Crippen LogP contribution in [0.25, 0.3) is 0 Å². The van der Waals surface area contributed by atoms with Crippen LogP contribution in [-0.4, -0.2) is 9.97 Å². The first-order valence-electron chi connectivity index (χ1n) is 6.20. The molecule has 19 heavy (non-hydrogen) atoms. The van der Waals surface area contributed by atoms with Gasteiger partial charge in [0.2, 0.25) is 0 Å². The van der Waals surface area contributed by atoms with E-state index in [0.717, 1.165) is 22.6 Å². The molecule has 1 aromatic carbocycles. The molecule has 3 N–H and O–H groups in total. The molecule has 100 valence electrons. The van der Waals surface area contributed by atoms with E-state index in [2.05, 4.69) is 16.9 Å². The van der Waals surface area contributed by atoms with E-state index in [1.165, 1.54) is 17.8 Å². The zero-order chi connectivity index (χ0) is 13.8. The van der Waals surface area contributed by atoms with Gasteiger partial charge in [-0.05, 0) is 31.0 Å². The molecule has 0 radical (unpaired) electrons. The molecule has 2 rings (SSSR count). The smallest absolute Gasteiger partial charge is 0.251 e. The molecule has 0 aliphatic heterocycles. The van der Waals surface area contributed by atoms with Crippen molar-refractivity contribution in [3.8, 4) is 0 Å². The van der Waals surface area contributed by atoms with Gasteiger partial charge in [-0.2, -0.15) is 0 Å². The molecule has 1 aromatic heterocycles. The van der Waals surface area contributed by atoms with Crippen molar-refractivity contribution < 1.29 is 0 Å². The molecule has 0 unspecified atom stereocenters. The highest BCUT2D eigenvalue weighted by Crippen LogP contribution is 2.25. The van der Waals surface area contributed by atoms with Crippen LogP contribution >= 0.6 is 11.8 Å². The zero-order valence-corrected chi connectivity index (χ0v) is 11.8. The Bertz CT molecular complexity index is 607. The van der Waals surface area contributed by atoms with Gasteiger partial charge < -0.3 is 10.7 Å². The molecule has 2 aromatic rings. The summed E-state index contributed by atoms with van der Waals surface area (Å²) >= 11 is 1.44. The van der Waals surface area contributed by atoms with Gasteiger partial charge in [0.25, 0.3) is 5.56 Å². The number of hydrogen-bond acceptors (Lipinski definition) is 4. The average molecular weight is 275 g/mol. The summed E-state index contributed by atoms with van der Waals surface area (Å²) in [5.41, 5.74) is 7.69. The molecular weight excluding hydrogens is 258 g/mol. The number of nitrogens with one attached hydrogen (secondary N) is 1. The quantitative estimate of drug-likeness (QED) is 0.841. The number of rotatable bonds is 4. The van der Waals surface area contributed by atoms with Gasteiger partial charge in [0.05, 0.1) is 0 Å². The summed E-state index contributed by atoms with van der Waals surface area (Å²) in [6.45, 7) is 3.87. The SMILES string of the molecule is CC[C@H](N)c1ccc(Sc2nc(C)cc(=O)[nH]2)cc1. The predicted octanol–water partition coefficient (Wildman–Crippen LogP) is 2.64. The maximum Gasteiger partial charge on any atom is 0.251 e. The molecule has 0 saturated heterocycles. The normalized spacial score (nSPS) is 12.4. The first-order valence-corrected chi connectivity index (χ1v) is 7.01. The minimum Gasteiger partial charge on any atom is -0.324 e. The van der Waals surface area contributed by atoms with E-state index in [9.17, 15) is 4.79 Å². The van der Waals surface area contributed by atoms with Crippen molar-refractivity contribution in [2.45, 2.75) is 36.4 Å². The fourth-order valence-electron chi connectivity index (χ4n) is 1.73. The molecule has 0 spiro atoms. The van der Waals surface area contributed by atoms with Gasteiger partial charge in [0, 0.05) is 22.7 Å². The van der Waals surface area contributed by atoms with E-state index in [4.69, 9.17) is 5.73 Å². The van der Waals surface area contributed by atoms with Crippen molar-refractivity contribution in [1.29, 1.82) is 0 Å². The van der Waals surface area contributed by atoms with Crippen LogP contribution in [-0.2, 0) is 0 Å². The Morgan fingerprint density at radius 2 is 2.05 bits per heavy atom. The third-order valence-electron chi connectivity index (χ3n) is 2.81. The number of nitrogens with zero attached hydrogens (tertiary/aromatic N) is 1. The van der Waals surface area contributed by atoms with Crippen LogP contribution in [0, 0.1) is 6.92 Å². The molecular formula is C14H17N3OS. The van der Waals surface area contributed by atoms with Gasteiger partial charge in [-0.25, -0.2) is 4.98 Å². The van der Waals surface area contributed by atoms with Gasteiger partial charge in [0.15, 0.2) is 5.16 Å². The van der Waals surface area contributed by atoms with Gasteiger partial charge in [-0.1, -0.05) is 30.8 Å². The van der Waals surface area contributed by atoms with Crippen LogP contribution in [0.3, 0.4) is 0 Å². The number of aromatic amines is 1. The third-order valence-corrected chi connectivity index (χ3v) is 3.71. The van der Waals surface area contributed by atoms with E-state index in [-0.39, 0.29) is 11.6 Å². The van der Waals surface area contributed by atoms with Crippen molar-refractivity contribution >= 4 is 11.8 Å². The molecule has 1 heterocycles.